The van der Waals surface area contributed by atoms with E-state index in [9.17, 15) is 0 Å². The summed E-state index contributed by atoms with van der Waals surface area (Å²) in [5.41, 5.74) is 1.80. The Balaban J connectivity index is 2.14. The molecule has 0 radical (unpaired) electrons. The quantitative estimate of drug-likeness (QED) is 0.547. The summed E-state index contributed by atoms with van der Waals surface area (Å²) in [5.74, 6) is 2.74. The van der Waals surface area contributed by atoms with Crippen molar-refractivity contribution in [3.8, 4) is 0 Å². The highest BCUT2D eigenvalue weighted by Crippen LogP contribution is 2.46. The first-order chi connectivity index (χ1) is 9.36. The summed E-state index contributed by atoms with van der Waals surface area (Å²) < 4.78 is 0. The van der Waals surface area contributed by atoms with Gasteiger partial charge >= 0.3 is 0 Å². The van der Waals surface area contributed by atoms with Gasteiger partial charge in [-0.3, -0.25) is 0 Å². The zero-order valence-electron chi connectivity index (χ0n) is 13.0. The fourth-order valence-corrected chi connectivity index (χ4v) is 4.19. The van der Waals surface area contributed by atoms with Crippen molar-refractivity contribution in [2.24, 2.45) is 17.8 Å². The minimum atomic E-state index is 0.877. The number of rotatable bonds is 2. The van der Waals surface area contributed by atoms with Crippen molar-refractivity contribution in [1.82, 2.24) is 0 Å². The lowest BCUT2D eigenvalue weighted by molar-refractivity contribution is 0.367. The SMILES string of the molecule is CCC1CC(CC)C2CCCCCCCC=CC=C12. The number of hydrogen-bond acceptors (Lipinski definition) is 0. The van der Waals surface area contributed by atoms with E-state index in [0.717, 1.165) is 17.8 Å². The van der Waals surface area contributed by atoms with Crippen LogP contribution in [0.5, 0.6) is 0 Å². The highest BCUT2D eigenvalue weighted by atomic mass is 14.4. The van der Waals surface area contributed by atoms with Crippen LogP contribution in [0.4, 0.5) is 0 Å². The number of allylic oxidation sites excluding steroid dienone is 4. The lowest BCUT2D eigenvalue weighted by Crippen LogP contribution is -2.09. The van der Waals surface area contributed by atoms with Gasteiger partial charge in [0.25, 0.3) is 0 Å². The van der Waals surface area contributed by atoms with Gasteiger partial charge in [0.15, 0.2) is 0 Å². The molecule has 2 aliphatic rings. The Hall–Kier alpha value is -0.520. The highest BCUT2D eigenvalue weighted by Gasteiger charge is 2.35. The Bertz CT molecular complexity index is 310. The fraction of sp³-hybridized carbons (Fsp3) is 0.789. The van der Waals surface area contributed by atoms with Crippen molar-refractivity contribution >= 4 is 0 Å². The van der Waals surface area contributed by atoms with Crippen LogP contribution in [-0.4, -0.2) is 0 Å². The molecule has 0 N–H and O–H groups in total. The topological polar surface area (TPSA) is 0 Å². The number of hydrogen-bond donors (Lipinski definition) is 0. The van der Waals surface area contributed by atoms with Crippen molar-refractivity contribution in [3.63, 3.8) is 0 Å². The molecule has 3 unspecified atom stereocenters. The molecule has 0 aliphatic heterocycles. The minimum absolute atomic E-state index is 0.877. The molecule has 1 fully saturated rings. The molecule has 2 aliphatic carbocycles. The molecule has 0 heterocycles. The first kappa shape index (κ1) is 14.9. The predicted molar refractivity (Wildman–Crippen MR) is 85.2 cm³/mol. The molecule has 1 saturated carbocycles. The monoisotopic (exact) mass is 260 g/mol. The van der Waals surface area contributed by atoms with Crippen LogP contribution in [0.3, 0.4) is 0 Å². The molecule has 0 spiro atoms. The molecule has 0 saturated heterocycles. The third-order valence-corrected chi connectivity index (χ3v) is 5.38. The van der Waals surface area contributed by atoms with Crippen molar-refractivity contribution in [1.29, 1.82) is 0 Å². The third kappa shape index (κ3) is 3.97. The lowest BCUT2D eigenvalue weighted by Gasteiger charge is -2.20. The van der Waals surface area contributed by atoms with Crippen LogP contribution in [0, 0.1) is 17.8 Å². The van der Waals surface area contributed by atoms with Gasteiger partial charge in [0.1, 0.15) is 0 Å². The Kier molecular flexibility index (Phi) is 6.20. The van der Waals surface area contributed by atoms with Gasteiger partial charge in [-0.05, 0) is 49.9 Å². The van der Waals surface area contributed by atoms with Crippen molar-refractivity contribution in [2.75, 3.05) is 0 Å². The number of fused-ring (bicyclic) bond motifs is 1. The van der Waals surface area contributed by atoms with Crippen LogP contribution in [0.1, 0.15) is 78.1 Å². The van der Waals surface area contributed by atoms with E-state index in [1.807, 2.05) is 0 Å². The second-order valence-electron chi connectivity index (χ2n) is 6.56. The molecule has 0 heteroatoms. The third-order valence-electron chi connectivity index (χ3n) is 5.38. The summed E-state index contributed by atoms with van der Waals surface area (Å²) in [6.45, 7) is 4.77. The highest BCUT2D eigenvalue weighted by molar-refractivity contribution is 5.23. The smallest absolute Gasteiger partial charge is 0.0169 e. The zero-order chi connectivity index (χ0) is 13.5. The zero-order valence-corrected chi connectivity index (χ0v) is 13.0. The van der Waals surface area contributed by atoms with Crippen LogP contribution in [0.15, 0.2) is 23.8 Å². The first-order valence-electron chi connectivity index (χ1n) is 8.73. The molecule has 0 aromatic rings. The van der Waals surface area contributed by atoms with Gasteiger partial charge < -0.3 is 0 Å². The molecule has 108 valence electrons. The summed E-state index contributed by atoms with van der Waals surface area (Å²) in [6, 6.07) is 0. The van der Waals surface area contributed by atoms with Crippen LogP contribution in [0.2, 0.25) is 0 Å². The Labute approximate surface area is 120 Å². The fourth-order valence-electron chi connectivity index (χ4n) is 4.19. The van der Waals surface area contributed by atoms with Crippen molar-refractivity contribution in [2.45, 2.75) is 78.1 Å². The van der Waals surface area contributed by atoms with Crippen molar-refractivity contribution in [3.05, 3.63) is 23.8 Å². The second-order valence-corrected chi connectivity index (χ2v) is 6.56. The second kappa shape index (κ2) is 7.92. The van der Waals surface area contributed by atoms with E-state index in [1.54, 1.807) is 5.57 Å². The summed E-state index contributed by atoms with van der Waals surface area (Å²) in [5, 5.41) is 0. The molecule has 0 aromatic carbocycles. The minimum Gasteiger partial charge on any atom is -0.0845 e. The maximum atomic E-state index is 2.50. The van der Waals surface area contributed by atoms with Crippen LogP contribution in [0.25, 0.3) is 0 Å². The van der Waals surface area contributed by atoms with Crippen molar-refractivity contribution < 1.29 is 0 Å². The molecule has 0 bridgehead atoms. The summed E-state index contributed by atoms with van der Waals surface area (Å²) in [6.07, 6.45) is 21.4. The molecule has 0 aromatic heterocycles. The largest absolute Gasteiger partial charge is 0.0845 e. The summed E-state index contributed by atoms with van der Waals surface area (Å²) >= 11 is 0. The van der Waals surface area contributed by atoms with Crippen LogP contribution >= 0.6 is 0 Å². The van der Waals surface area contributed by atoms with Gasteiger partial charge in [-0.15, -0.1) is 0 Å². The van der Waals surface area contributed by atoms with Crippen LogP contribution < -0.4 is 0 Å². The van der Waals surface area contributed by atoms with Gasteiger partial charge in [-0.2, -0.15) is 0 Å². The molecular formula is C19H32. The van der Waals surface area contributed by atoms with E-state index in [0.29, 0.717) is 0 Å². The average molecular weight is 260 g/mol. The standard InChI is InChI=1S/C19H32/c1-3-16-15-17(4-2)19-14-12-10-8-6-5-7-9-11-13-18(16)19/h9,11,13,16-17,19H,3-8,10,12,14-15H2,1-2H3. The van der Waals surface area contributed by atoms with Gasteiger partial charge in [0, 0.05) is 0 Å². The molecule has 19 heavy (non-hydrogen) atoms. The summed E-state index contributed by atoms with van der Waals surface area (Å²) in [4.78, 5) is 0. The molecule has 0 nitrogen and oxygen atoms in total. The molecular weight excluding hydrogens is 228 g/mol. The van der Waals surface area contributed by atoms with E-state index in [-0.39, 0.29) is 0 Å². The van der Waals surface area contributed by atoms with E-state index in [4.69, 9.17) is 0 Å². The lowest BCUT2D eigenvalue weighted by atomic mass is 9.85. The maximum Gasteiger partial charge on any atom is -0.0169 e. The van der Waals surface area contributed by atoms with Gasteiger partial charge in [0.2, 0.25) is 0 Å². The molecule has 2 rings (SSSR count). The Morgan fingerprint density at radius 3 is 2.58 bits per heavy atom. The van der Waals surface area contributed by atoms with E-state index >= 15 is 0 Å². The van der Waals surface area contributed by atoms with E-state index < -0.39 is 0 Å². The van der Waals surface area contributed by atoms with E-state index in [1.165, 1.54) is 64.2 Å². The van der Waals surface area contributed by atoms with E-state index in [2.05, 4.69) is 32.1 Å². The predicted octanol–water partition coefficient (Wildman–Crippen LogP) is 6.29. The first-order valence-corrected chi connectivity index (χ1v) is 8.73. The normalized spacial score (nSPS) is 33.2. The average Bonchev–Trinajstić information content (AvgIpc) is 2.76. The van der Waals surface area contributed by atoms with Gasteiger partial charge in [0.05, 0.1) is 0 Å². The molecule has 0 amide bonds. The Morgan fingerprint density at radius 2 is 1.79 bits per heavy atom. The molecule has 3 atom stereocenters. The van der Waals surface area contributed by atoms with Gasteiger partial charge in [-0.1, -0.05) is 69.8 Å². The Morgan fingerprint density at radius 1 is 1.00 bits per heavy atom. The maximum absolute atomic E-state index is 2.50. The van der Waals surface area contributed by atoms with Crippen LogP contribution in [-0.2, 0) is 0 Å². The summed E-state index contributed by atoms with van der Waals surface area (Å²) in [7, 11) is 0. The van der Waals surface area contributed by atoms with Gasteiger partial charge in [-0.25, -0.2) is 0 Å².